The smallest absolute Gasteiger partial charge is 0.381 e. The topological polar surface area (TPSA) is 117 Å². The van der Waals surface area contributed by atoms with E-state index < -0.39 is 29.2 Å². The number of hydrogen-bond acceptors (Lipinski definition) is 8. The van der Waals surface area contributed by atoms with Crippen molar-refractivity contribution in [2.45, 2.75) is 39.3 Å². The second-order valence-corrected chi connectivity index (χ2v) is 15.5. The Morgan fingerprint density at radius 2 is 1.68 bits per heavy atom. The molecule has 3 aromatic heterocycles. The molecule has 1 spiro atoms. The number of nitrogens with one attached hydrogen (secondary N) is 2. The van der Waals surface area contributed by atoms with Gasteiger partial charge >= 0.3 is 6.18 Å². The van der Waals surface area contributed by atoms with Gasteiger partial charge in [0.2, 0.25) is 0 Å². The monoisotopic (exact) mass is 784 g/mol. The summed E-state index contributed by atoms with van der Waals surface area (Å²) in [5.74, 6) is -2.08. The summed E-state index contributed by atoms with van der Waals surface area (Å²) < 4.78 is 60.9. The maximum atomic E-state index is 14.5. The number of anilines is 4. The van der Waals surface area contributed by atoms with Gasteiger partial charge in [-0.3, -0.25) is 19.4 Å². The van der Waals surface area contributed by atoms with Gasteiger partial charge in [-0.2, -0.15) is 13.2 Å². The summed E-state index contributed by atoms with van der Waals surface area (Å²) in [6, 6.07) is 16.0. The number of fused-ring (bicyclic) bond motifs is 3. The minimum Gasteiger partial charge on any atom is -0.381 e. The highest BCUT2D eigenvalue weighted by molar-refractivity contribution is 7.17. The summed E-state index contributed by atoms with van der Waals surface area (Å²) in [5, 5.41) is 5.08. The molecule has 2 saturated heterocycles. The fourth-order valence-corrected chi connectivity index (χ4v) is 8.66. The molecule has 10 nitrogen and oxygen atoms in total. The van der Waals surface area contributed by atoms with Gasteiger partial charge in [0.15, 0.2) is 0 Å². The molecule has 0 aliphatic carbocycles. The van der Waals surface area contributed by atoms with Crippen molar-refractivity contribution in [2.24, 2.45) is 5.41 Å². The zero-order valence-corrected chi connectivity index (χ0v) is 31.2. The van der Waals surface area contributed by atoms with Crippen molar-refractivity contribution in [1.29, 1.82) is 0 Å². The first-order valence-electron chi connectivity index (χ1n) is 18.1. The van der Waals surface area contributed by atoms with E-state index in [1.165, 1.54) is 0 Å². The average Bonchev–Trinajstić information content (AvgIpc) is 3.53. The van der Waals surface area contributed by atoms with Crippen LogP contribution in [0.2, 0.25) is 0 Å². The first kappa shape index (κ1) is 37.3. The molecule has 56 heavy (non-hydrogen) atoms. The first-order chi connectivity index (χ1) is 26.8. The largest absolute Gasteiger partial charge is 0.418 e. The Labute approximate surface area is 323 Å². The maximum absolute atomic E-state index is 14.5. The van der Waals surface area contributed by atoms with E-state index in [0.717, 1.165) is 68.2 Å². The summed E-state index contributed by atoms with van der Waals surface area (Å²) in [5.41, 5.74) is 2.41. The molecular weight excluding hydrogens is 749 g/mol. The van der Waals surface area contributed by atoms with Gasteiger partial charge in [0, 0.05) is 61.4 Å². The number of rotatable bonds is 6. The Morgan fingerprint density at radius 3 is 2.41 bits per heavy atom. The molecule has 0 unspecified atom stereocenters. The van der Waals surface area contributed by atoms with Crippen LogP contribution >= 0.6 is 11.3 Å². The third kappa shape index (κ3) is 7.12. The number of pyridine rings is 2. The molecule has 0 saturated carbocycles. The van der Waals surface area contributed by atoms with Crippen molar-refractivity contribution in [3.63, 3.8) is 0 Å². The fraction of sp³-hybridized carbons (Fsp3) is 0.293. The van der Waals surface area contributed by atoms with Crippen LogP contribution in [0, 0.1) is 25.1 Å². The molecule has 6 heterocycles. The number of ether oxygens (including phenoxy) is 1. The summed E-state index contributed by atoms with van der Waals surface area (Å²) in [4.78, 5) is 54.7. The number of para-hydroxylation sites is 1. The van der Waals surface area contributed by atoms with Gasteiger partial charge in [-0.15, -0.1) is 11.3 Å². The number of carbonyl (C=O) groups is 3. The minimum atomic E-state index is -4.88. The predicted molar refractivity (Wildman–Crippen MR) is 205 cm³/mol. The predicted octanol–water partition coefficient (Wildman–Crippen LogP) is 8.30. The van der Waals surface area contributed by atoms with Gasteiger partial charge in [0.05, 0.1) is 32.3 Å². The minimum absolute atomic E-state index is 0.0692. The number of aryl methyl sites for hydroxylation is 2. The Bertz CT molecular complexity index is 2370. The lowest BCUT2D eigenvalue weighted by Crippen LogP contribution is -2.59. The Hall–Kier alpha value is -5.67. The molecule has 3 aliphatic rings. The summed E-state index contributed by atoms with van der Waals surface area (Å²) in [6.07, 6.45) is -0.829. The Morgan fingerprint density at radius 1 is 0.929 bits per heavy atom. The molecule has 2 N–H and O–H groups in total. The van der Waals surface area contributed by atoms with Crippen molar-refractivity contribution >= 4 is 51.9 Å². The molecule has 2 aromatic carbocycles. The van der Waals surface area contributed by atoms with E-state index in [4.69, 9.17) is 9.72 Å². The number of nitrogens with zero attached hydrogens (tertiary/aromatic N) is 4. The molecule has 3 aliphatic heterocycles. The lowest BCUT2D eigenvalue weighted by Gasteiger charge is -2.53. The number of hydrogen-bond donors (Lipinski definition) is 2. The number of carbonyl (C=O) groups excluding carboxylic acids is 3. The van der Waals surface area contributed by atoms with Gasteiger partial charge in [-0.1, -0.05) is 6.07 Å². The van der Waals surface area contributed by atoms with Crippen LogP contribution in [-0.4, -0.2) is 60.5 Å². The zero-order chi connectivity index (χ0) is 39.4. The van der Waals surface area contributed by atoms with Gasteiger partial charge in [-0.25, -0.2) is 9.37 Å². The number of halogens is 4. The molecule has 2 fully saturated rings. The molecule has 8 rings (SSSR count). The number of thiophene rings is 1. The summed E-state index contributed by atoms with van der Waals surface area (Å²) >= 11 is 1.01. The Balaban J connectivity index is 0.994. The standard InChI is InChI=1S/C41H36F4N6O4S/c1-23-18-28(36(46-20-23)50-21-40(22-50)13-16-55-17-14-40)37(52)48-27-9-7-25(8-10-27)39(54)51-15-12-26-19-32(56-35(26)34-31(51)11-6-24(2)47-34)38(53)49-33-29(41(43,44)45)4-3-5-30(33)42/h3-11,18-20H,12-17,21-22H2,1-2H3,(H,48,52)(H,49,53). The summed E-state index contributed by atoms with van der Waals surface area (Å²) in [6.45, 7) is 7.02. The number of amides is 3. The molecule has 3 amide bonds. The van der Waals surface area contributed by atoms with Crippen molar-refractivity contribution in [1.82, 2.24) is 9.97 Å². The molecular formula is C41H36F4N6O4S. The van der Waals surface area contributed by atoms with Gasteiger partial charge in [0.25, 0.3) is 17.7 Å². The highest BCUT2D eigenvalue weighted by Gasteiger charge is 2.45. The van der Waals surface area contributed by atoms with Crippen LogP contribution in [-0.2, 0) is 17.3 Å². The van der Waals surface area contributed by atoms with Crippen LogP contribution in [0.1, 0.15) is 65.6 Å². The lowest BCUT2D eigenvalue weighted by atomic mass is 9.73. The molecule has 15 heteroatoms. The molecule has 0 bridgehead atoms. The van der Waals surface area contributed by atoms with Crippen LogP contribution in [0.25, 0.3) is 10.6 Å². The highest BCUT2D eigenvalue weighted by Crippen LogP contribution is 2.44. The van der Waals surface area contributed by atoms with Crippen LogP contribution in [0.4, 0.5) is 40.4 Å². The highest BCUT2D eigenvalue weighted by atomic mass is 32.1. The molecule has 0 radical (unpaired) electrons. The van der Waals surface area contributed by atoms with Crippen LogP contribution in [0.3, 0.4) is 0 Å². The fourth-order valence-electron chi connectivity index (χ4n) is 7.55. The van der Waals surface area contributed by atoms with Crippen molar-refractivity contribution < 1.29 is 36.7 Å². The van der Waals surface area contributed by atoms with Crippen molar-refractivity contribution in [3.8, 4) is 10.6 Å². The van der Waals surface area contributed by atoms with E-state index in [2.05, 4.69) is 20.5 Å². The molecule has 288 valence electrons. The van der Waals surface area contributed by atoms with Gasteiger partial charge < -0.3 is 25.2 Å². The number of aromatic nitrogens is 2. The van der Waals surface area contributed by atoms with Gasteiger partial charge in [0.1, 0.15) is 17.3 Å². The van der Waals surface area contributed by atoms with E-state index in [9.17, 15) is 31.9 Å². The van der Waals surface area contributed by atoms with E-state index in [1.807, 2.05) is 13.0 Å². The van der Waals surface area contributed by atoms with Gasteiger partial charge in [-0.05, 0) is 105 Å². The second-order valence-electron chi connectivity index (χ2n) is 14.5. The van der Waals surface area contributed by atoms with Crippen molar-refractivity contribution in [2.75, 3.05) is 53.3 Å². The Kier molecular flexibility index (Phi) is 9.61. The quantitative estimate of drug-likeness (QED) is 0.167. The van der Waals surface area contributed by atoms with E-state index in [-0.39, 0.29) is 28.7 Å². The average molecular weight is 785 g/mol. The zero-order valence-electron chi connectivity index (χ0n) is 30.4. The number of benzene rings is 2. The third-order valence-electron chi connectivity index (χ3n) is 10.5. The van der Waals surface area contributed by atoms with Crippen LogP contribution in [0.15, 0.2) is 72.9 Å². The summed E-state index contributed by atoms with van der Waals surface area (Å²) in [7, 11) is 0. The first-order valence-corrected chi connectivity index (χ1v) is 18.9. The second kappa shape index (κ2) is 14.4. The van der Waals surface area contributed by atoms with E-state index >= 15 is 0 Å². The molecule has 5 aromatic rings. The van der Waals surface area contributed by atoms with Crippen molar-refractivity contribution in [3.05, 3.63) is 117 Å². The number of alkyl halides is 3. The van der Waals surface area contributed by atoms with E-state index in [0.29, 0.717) is 62.6 Å². The molecule has 0 atom stereocenters. The third-order valence-corrected chi connectivity index (χ3v) is 11.7. The SMILES string of the molecule is Cc1cnc(N2CC3(CCOCC3)C2)c(C(=O)Nc2ccc(C(=O)N3CCc4cc(C(=O)Nc5c(F)cccc5C(F)(F)F)sc4-c4nc(C)ccc43)cc2)c1. The maximum Gasteiger partial charge on any atom is 0.418 e. The van der Waals surface area contributed by atoms with Crippen LogP contribution in [0.5, 0.6) is 0 Å². The lowest BCUT2D eigenvalue weighted by molar-refractivity contribution is -0.137. The van der Waals surface area contributed by atoms with E-state index in [1.54, 1.807) is 60.5 Å². The normalized spacial score (nSPS) is 16.0. The van der Waals surface area contributed by atoms with Crippen LogP contribution < -0.4 is 20.4 Å².